The van der Waals surface area contributed by atoms with Crippen LogP contribution in [0.5, 0.6) is 0 Å². The SMILES string of the molecule is O=C1N[C@@H](CSCc2ccccc2)C(=O)N2CCN(C(=O)c3cccs3)C[C@H]12. The number of benzene rings is 1. The van der Waals surface area contributed by atoms with Gasteiger partial charge in [-0.05, 0) is 17.0 Å². The Kier molecular flexibility index (Phi) is 5.68. The Hall–Kier alpha value is -2.32. The first kappa shape index (κ1) is 19.0. The molecule has 0 bridgehead atoms. The average Bonchev–Trinajstić information content (AvgIpc) is 3.26. The lowest BCUT2D eigenvalue weighted by Gasteiger charge is -2.45. The van der Waals surface area contributed by atoms with E-state index in [1.165, 1.54) is 16.9 Å². The number of carbonyl (C=O) groups is 3. The van der Waals surface area contributed by atoms with Crippen LogP contribution in [0.1, 0.15) is 15.2 Å². The normalized spacial score (nSPS) is 22.0. The van der Waals surface area contributed by atoms with E-state index in [0.29, 0.717) is 23.7 Å². The van der Waals surface area contributed by atoms with E-state index in [1.807, 2.05) is 41.8 Å². The second-order valence-corrected chi connectivity index (χ2v) is 8.82. The molecule has 2 aliphatic rings. The second kappa shape index (κ2) is 8.36. The summed E-state index contributed by atoms with van der Waals surface area (Å²) in [5, 5.41) is 4.72. The Balaban J connectivity index is 1.35. The Morgan fingerprint density at radius 1 is 1.14 bits per heavy atom. The summed E-state index contributed by atoms with van der Waals surface area (Å²) in [6.07, 6.45) is 0. The maximum atomic E-state index is 12.8. The fraction of sp³-hybridized carbons (Fsp3) is 0.350. The van der Waals surface area contributed by atoms with Crippen molar-refractivity contribution in [2.75, 3.05) is 25.4 Å². The molecule has 8 heteroatoms. The number of thiophene rings is 1. The zero-order valence-corrected chi connectivity index (χ0v) is 16.9. The lowest BCUT2D eigenvalue weighted by Crippen LogP contribution is -2.70. The molecule has 4 rings (SSSR count). The molecule has 0 radical (unpaired) electrons. The summed E-state index contributed by atoms with van der Waals surface area (Å²) in [5.74, 6) is 1.05. The summed E-state index contributed by atoms with van der Waals surface area (Å²) in [6, 6.07) is 12.6. The third-order valence-corrected chi connectivity index (χ3v) is 6.96. The fourth-order valence-electron chi connectivity index (χ4n) is 3.52. The maximum Gasteiger partial charge on any atom is 0.264 e. The number of hydrogen-bond acceptors (Lipinski definition) is 5. The van der Waals surface area contributed by atoms with Crippen molar-refractivity contribution < 1.29 is 14.4 Å². The summed E-state index contributed by atoms with van der Waals surface area (Å²) in [5.41, 5.74) is 1.20. The van der Waals surface area contributed by atoms with Crippen molar-refractivity contribution in [1.29, 1.82) is 0 Å². The van der Waals surface area contributed by atoms with Gasteiger partial charge in [-0.15, -0.1) is 11.3 Å². The average molecular weight is 416 g/mol. The van der Waals surface area contributed by atoms with Gasteiger partial charge in [-0.1, -0.05) is 36.4 Å². The Bertz CT molecular complexity index is 857. The molecule has 0 unspecified atom stereocenters. The van der Waals surface area contributed by atoms with Gasteiger partial charge in [0.1, 0.15) is 12.1 Å². The Morgan fingerprint density at radius 2 is 1.96 bits per heavy atom. The van der Waals surface area contributed by atoms with Crippen LogP contribution in [0.2, 0.25) is 0 Å². The summed E-state index contributed by atoms with van der Waals surface area (Å²) in [4.78, 5) is 42.0. The number of fused-ring (bicyclic) bond motifs is 1. The number of rotatable bonds is 5. The predicted molar refractivity (Wildman–Crippen MR) is 110 cm³/mol. The van der Waals surface area contributed by atoms with Gasteiger partial charge < -0.3 is 15.1 Å². The van der Waals surface area contributed by atoms with E-state index < -0.39 is 12.1 Å². The van der Waals surface area contributed by atoms with Gasteiger partial charge in [0.2, 0.25) is 11.8 Å². The number of amides is 3. The highest BCUT2D eigenvalue weighted by Gasteiger charge is 2.44. The maximum absolute atomic E-state index is 12.8. The number of carbonyl (C=O) groups excluding carboxylic acids is 3. The van der Waals surface area contributed by atoms with Gasteiger partial charge in [0.05, 0.1) is 11.4 Å². The lowest BCUT2D eigenvalue weighted by molar-refractivity contribution is -0.151. The first-order valence-electron chi connectivity index (χ1n) is 9.19. The molecule has 3 heterocycles. The molecule has 2 aliphatic heterocycles. The molecule has 1 aromatic heterocycles. The van der Waals surface area contributed by atoms with Gasteiger partial charge in [0.15, 0.2) is 0 Å². The zero-order chi connectivity index (χ0) is 19.5. The largest absolute Gasteiger partial charge is 0.342 e. The van der Waals surface area contributed by atoms with E-state index in [-0.39, 0.29) is 24.3 Å². The zero-order valence-electron chi connectivity index (χ0n) is 15.2. The Morgan fingerprint density at radius 3 is 2.71 bits per heavy atom. The number of piperazine rings is 2. The minimum Gasteiger partial charge on any atom is -0.342 e. The molecule has 2 atom stereocenters. The van der Waals surface area contributed by atoms with Crippen LogP contribution in [0, 0.1) is 0 Å². The van der Waals surface area contributed by atoms with E-state index in [1.54, 1.807) is 27.6 Å². The molecule has 6 nitrogen and oxygen atoms in total. The number of nitrogens with one attached hydrogen (secondary N) is 1. The van der Waals surface area contributed by atoms with Crippen LogP contribution < -0.4 is 5.32 Å². The number of hydrogen-bond donors (Lipinski definition) is 1. The summed E-state index contributed by atoms with van der Waals surface area (Å²) in [7, 11) is 0. The predicted octanol–water partition coefficient (Wildman–Crippen LogP) is 1.83. The third-order valence-electron chi connectivity index (χ3n) is 5.00. The van der Waals surface area contributed by atoms with Crippen molar-refractivity contribution >= 4 is 40.8 Å². The van der Waals surface area contributed by atoms with Crippen LogP contribution in [0.25, 0.3) is 0 Å². The van der Waals surface area contributed by atoms with Crippen molar-refractivity contribution in [3.63, 3.8) is 0 Å². The molecule has 1 aromatic carbocycles. The van der Waals surface area contributed by atoms with Gasteiger partial charge in [0, 0.05) is 24.6 Å². The van der Waals surface area contributed by atoms with E-state index in [2.05, 4.69) is 5.32 Å². The van der Waals surface area contributed by atoms with Gasteiger partial charge in [-0.25, -0.2) is 0 Å². The van der Waals surface area contributed by atoms with E-state index in [4.69, 9.17) is 0 Å². The molecule has 2 saturated heterocycles. The van der Waals surface area contributed by atoms with Crippen molar-refractivity contribution in [1.82, 2.24) is 15.1 Å². The lowest BCUT2D eigenvalue weighted by atomic mass is 10.0. The fourth-order valence-corrected chi connectivity index (χ4v) is 5.22. The quantitative estimate of drug-likeness (QED) is 0.809. The van der Waals surface area contributed by atoms with Crippen LogP contribution in [0.4, 0.5) is 0 Å². The van der Waals surface area contributed by atoms with Crippen LogP contribution in [-0.2, 0) is 15.3 Å². The minimum atomic E-state index is -0.597. The molecule has 0 spiro atoms. The molecular weight excluding hydrogens is 394 g/mol. The Labute approximate surface area is 171 Å². The summed E-state index contributed by atoms with van der Waals surface area (Å²) >= 11 is 3.02. The van der Waals surface area contributed by atoms with Crippen LogP contribution >= 0.6 is 23.1 Å². The van der Waals surface area contributed by atoms with Gasteiger partial charge >= 0.3 is 0 Å². The molecule has 0 saturated carbocycles. The van der Waals surface area contributed by atoms with Crippen molar-refractivity contribution in [3.05, 3.63) is 58.3 Å². The van der Waals surface area contributed by atoms with Crippen LogP contribution in [-0.4, -0.2) is 65.0 Å². The molecule has 146 valence electrons. The van der Waals surface area contributed by atoms with Gasteiger partial charge in [-0.2, -0.15) is 11.8 Å². The van der Waals surface area contributed by atoms with E-state index in [9.17, 15) is 14.4 Å². The molecular formula is C20H21N3O3S2. The van der Waals surface area contributed by atoms with Gasteiger partial charge in [0.25, 0.3) is 5.91 Å². The molecule has 28 heavy (non-hydrogen) atoms. The van der Waals surface area contributed by atoms with Crippen LogP contribution in [0.3, 0.4) is 0 Å². The standard InChI is InChI=1S/C20H21N3O3S2/c24-18-16-11-22(20(26)17-7-4-10-28-17)8-9-23(16)19(25)15(21-18)13-27-12-14-5-2-1-3-6-14/h1-7,10,15-16H,8-9,11-13H2,(H,21,24)/t15-,16+/m0/s1. The number of nitrogens with zero attached hydrogens (tertiary/aromatic N) is 2. The highest BCUT2D eigenvalue weighted by atomic mass is 32.2. The van der Waals surface area contributed by atoms with Crippen molar-refractivity contribution in [3.8, 4) is 0 Å². The first-order chi connectivity index (χ1) is 13.6. The molecule has 0 aliphatic carbocycles. The van der Waals surface area contributed by atoms with Crippen LogP contribution in [0.15, 0.2) is 47.8 Å². The third kappa shape index (κ3) is 3.93. The molecule has 1 N–H and O–H groups in total. The molecule has 2 fully saturated rings. The van der Waals surface area contributed by atoms with E-state index in [0.717, 1.165) is 5.75 Å². The highest BCUT2D eigenvalue weighted by Crippen LogP contribution is 2.22. The number of thioether (sulfide) groups is 1. The smallest absolute Gasteiger partial charge is 0.264 e. The monoisotopic (exact) mass is 415 g/mol. The van der Waals surface area contributed by atoms with E-state index >= 15 is 0 Å². The highest BCUT2D eigenvalue weighted by molar-refractivity contribution is 7.98. The minimum absolute atomic E-state index is 0.0478. The first-order valence-corrected chi connectivity index (χ1v) is 11.2. The second-order valence-electron chi connectivity index (χ2n) is 6.84. The molecule has 2 aromatic rings. The van der Waals surface area contributed by atoms with Crippen molar-refractivity contribution in [2.24, 2.45) is 0 Å². The van der Waals surface area contributed by atoms with Gasteiger partial charge in [-0.3, -0.25) is 14.4 Å². The topological polar surface area (TPSA) is 69.7 Å². The van der Waals surface area contributed by atoms with Crippen molar-refractivity contribution in [2.45, 2.75) is 17.8 Å². The summed E-state index contributed by atoms with van der Waals surface area (Å²) < 4.78 is 0. The molecule has 3 amide bonds. The summed E-state index contributed by atoms with van der Waals surface area (Å²) in [6.45, 7) is 1.10.